The average Bonchev–Trinajstić information content (AvgIpc) is 2.62. The molecule has 0 spiro atoms. The Morgan fingerprint density at radius 1 is 1.15 bits per heavy atom. The molecule has 0 unspecified atom stereocenters. The third-order valence-electron chi connectivity index (χ3n) is 3.95. The molecule has 0 aliphatic carbocycles. The first kappa shape index (κ1) is 19.8. The summed E-state index contributed by atoms with van der Waals surface area (Å²) >= 11 is 5.80. The maximum Gasteiger partial charge on any atom is 0.338 e. The van der Waals surface area contributed by atoms with Gasteiger partial charge < -0.3 is 15.8 Å². The number of ether oxygens (including phenoxy) is 1. The highest BCUT2D eigenvalue weighted by molar-refractivity contribution is 6.33. The molecule has 0 bridgehead atoms. The SMILES string of the molecule is CC(C)c1ccc(CCNC(=O)COC(=O)c2ccc(Cl)c(N)c2)cc1. The van der Waals surface area contributed by atoms with Crippen molar-refractivity contribution in [1.82, 2.24) is 5.32 Å². The summed E-state index contributed by atoms with van der Waals surface area (Å²) in [6, 6.07) is 12.8. The molecule has 2 rings (SSSR count). The first-order valence-electron chi connectivity index (χ1n) is 8.44. The molecule has 3 N–H and O–H groups in total. The van der Waals surface area contributed by atoms with Crippen molar-refractivity contribution < 1.29 is 14.3 Å². The average molecular weight is 375 g/mol. The number of nitrogens with one attached hydrogen (secondary N) is 1. The van der Waals surface area contributed by atoms with Crippen LogP contribution in [0, 0.1) is 0 Å². The number of esters is 1. The van der Waals surface area contributed by atoms with Crippen molar-refractivity contribution in [2.75, 3.05) is 18.9 Å². The Hall–Kier alpha value is -2.53. The van der Waals surface area contributed by atoms with Gasteiger partial charge in [0, 0.05) is 6.54 Å². The van der Waals surface area contributed by atoms with E-state index in [4.69, 9.17) is 22.1 Å². The Labute approximate surface area is 158 Å². The lowest BCUT2D eigenvalue weighted by atomic mass is 10.0. The number of nitrogens with two attached hydrogens (primary N) is 1. The van der Waals surface area contributed by atoms with E-state index in [2.05, 4.69) is 43.4 Å². The molecule has 2 aromatic rings. The monoisotopic (exact) mass is 374 g/mol. The number of benzene rings is 2. The van der Waals surface area contributed by atoms with E-state index in [0.717, 1.165) is 5.56 Å². The molecule has 0 heterocycles. The summed E-state index contributed by atoms with van der Waals surface area (Å²) < 4.78 is 4.98. The zero-order chi connectivity index (χ0) is 19.1. The second kappa shape index (κ2) is 9.25. The molecule has 0 aliphatic rings. The van der Waals surface area contributed by atoms with E-state index >= 15 is 0 Å². The molecular weight excluding hydrogens is 352 g/mol. The summed E-state index contributed by atoms with van der Waals surface area (Å²) in [7, 11) is 0. The van der Waals surface area contributed by atoms with Gasteiger partial charge >= 0.3 is 5.97 Å². The Morgan fingerprint density at radius 3 is 2.46 bits per heavy atom. The number of hydrogen-bond acceptors (Lipinski definition) is 4. The third-order valence-corrected chi connectivity index (χ3v) is 4.29. The lowest BCUT2D eigenvalue weighted by molar-refractivity contribution is -0.124. The van der Waals surface area contributed by atoms with E-state index in [1.54, 1.807) is 0 Å². The zero-order valence-electron chi connectivity index (χ0n) is 14.9. The highest BCUT2D eigenvalue weighted by Gasteiger charge is 2.11. The van der Waals surface area contributed by atoms with Crippen molar-refractivity contribution in [1.29, 1.82) is 0 Å². The van der Waals surface area contributed by atoms with E-state index in [1.165, 1.54) is 23.8 Å². The van der Waals surface area contributed by atoms with Crippen LogP contribution in [-0.2, 0) is 16.0 Å². The van der Waals surface area contributed by atoms with Crippen molar-refractivity contribution in [3.63, 3.8) is 0 Å². The summed E-state index contributed by atoms with van der Waals surface area (Å²) in [5.41, 5.74) is 8.61. The van der Waals surface area contributed by atoms with Crippen LogP contribution in [0.1, 0.15) is 41.3 Å². The van der Waals surface area contributed by atoms with Crippen LogP contribution in [-0.4, -0.2) is 25.0 Å². The van der Waals surface area contributed by atoms with Gasteiger partial charge in [0.15, 0.2) is 6.61 Å². The van der Waals surface area contributed by atoms with Gasteiger partial charge in [0.25, 0.3) is 5.91 Å². The van der Waals surface area contributed by atoms with Crippen LogP contribution in [0.2, 0.25) is 5.02 Å². The first-order valence-corrected chi connectivity index (χ1v) is 8.82. The van der Waals surface area contributed by atoms with Crippen LogP contribution in [0.4, 0.5) is 5.69 Å². The number of amides is 1. The second-order valence-corrected chi connectivity index (χ2v) is 6.72. The van der Waals surface area contributed by atoms with Crippen molar-refractivity contribution in [2.24, 2.45) is 0 Å². The minimum absolute atomic E-state index is 0.255. The maximum absolute atomic E-state index is 11.9. The normalized spacial score (nSPS) is 10.6. The van der Waals surface area contributed by atoms with Crippen LogP contribution in [0.25, 0.3) is 0 Å². The highest BCUT2D eigenvalue weighted by Crippen LogP contribution is 2.19. The fourth-order valence-corrected chi connectivity index (χ4v) is 2.47. The molecule has 5 nitrogen and oxygen atoms in total. The quantitative estimate of drug-likeness (QED) is 0.573. The van der Waals surface area contributed by atoms with E-state index < -0.39 is 5.97 Å². The summed E-state index contributed by atoms with van der Waals surface area (Å²) in [5, 5.41) is 3.10. The zero-order valence-corrected chi connectivity index (χ0v) is 15.7. The molecule has 6 heteroatoms. The number of nitrogen functional groups attached to an aromatic ring is 1. The summed E-state index contributed by atoms with van der Waals surface area (Å²) in [6.07, 6.45) is 0.714. The fraction of sp³-hybridized carbons (Fsp3) is 0.300. The van der Waals surface area contributed by atoms with Crippen molar-refractivity contribution in [3.8, 4) is 0 Å². The number of carbonyl (C=O) groups excluding carboxylic acids is 2. The first-order chi connectivity index (χ1) is 12.4. The lowest BCUT2D eigenvalue weighted by Crippen LogP contribution is -2.30. The molecule has 1 amide bonds. The fourth-order valence-electron chi connectivity index (χ4n) is 2.35. The van der Waals surface area contributed by atoms with Crippen LogP contribution in [0.3, 0.4) is 0 Å². The third kappa shape index (κ3) is 5.77. The molecule has 0 atom stereocenters. The Morgan fingerprint density at radius 2 is 1.85 bits per heavy atom. The van der Waals surface area contributed by atoms with E-state index in [1.807, 2.05) is 0 Å². The molecule has 0 fully saturated rings. The smallest absolute Gasteiger partial charge is 0.338 e. The van der Waals surface area contributed by atoms with Crippen molar-refractivity contribution in [2.45, 2.75) is 26.2 Å². The van der Waals surface area contributed by atoms with Crippen LogP contribution in [0.5, 0.6) is 0 Å². The standard InChI is InChI=1S/C20H23ClN2O3/c1-13(2)15-5-3-14(4-6-15)9-10-23-19(24)12-26-20(25)16-7-8-17(21)18(22)11-16/h3-8,11,13H,9-10,12,22H2,1-2H3,(H,23,24). The van der Waals surface area contributed by atoms with Crippen LogP contribution < -0.4 is 11.1 Å². The van der Waals surface area contributed by atoms with Gasteiger partial charge in [0.05, 0.1) is 16.3 Å². The molecular formula is C20H23ClN2O3. The van der Waals surface area contributed by atoms with Crippen LogP contribution >= 0.6 is 11.6 Å². The predicted octanol–water partition coefficient (Wildman–Crippen LogP) is 3.56. The van der Waals surface area contributed by atoms with Gasteiger partial charge in [-0.05, 0) is 41.7 Å². The minimum Gasteiger partial charge on any atom is -0.452 e. The number of halogens is 1. The Kier molecular flexibility index (Phi) is 7.04. The van der Waals surface area contributed by atoms with Gasteiger partial charge in [-0.1, -0.05) is 49.7 Å². The topological polar surface area (TPSA) is 81.4 Å². The summed E-state index contributed by atoms with van der Waals surface area (Å²) in [6.45, 7) is 4.43. The predicted molar refractivity (Wildman–Crippen MR) is 103 cm³/mol. The maximum atomic E-state index is 11.9. The van der Waals surface area contributed by atoms with Gasteiger partial charge in [-0.25, -0.2) is 4.79 Å². The Balaban J connectivity index is 1.73. The van der Waals surface area contributed by atoms with Gasteiger partial charge in [0.2, 0.25) is 0 Å². The molecule has 138 valence electrons. The number of carbonyl (C=O) groups is 2. The summed E-state index contributed by atoms with van der Waals surface area (Å²) in [4.78, 5) is 23.7. The van der Waals surface area contributed by atoms with Gasteiger partial charge in [-0.2, -0.15) is 0 Å². The molecule has 0 aromatic heterocycles. The Bertz CT molecular complexity index is 773. The van der Waals surface area contributed by atoms with E-state index in [-0.39, 0.29) is 23.8 Å². The molecule has 2 aromatic carbocycles. The molecule has 0 saturated carbocycles. The van der Waals surface area contributed by atoms with Crippen LogP contribution in [0.15, 0.2) is 42.5 Å². The van der Waals surface area contributed by atoms with E-state index in [9.17, 15) is 9.59 Å². The minimum atomic E-state index is -0.618. The van der Waals surface area contributed by atoms with Gasteiger partial charge in [-0.15, -0.1) is 0 Å². The van der Waals surface area contributed by atoms with Gasteiger partial charge in [0.1, 0.15) is 0 Å². The highest BCUT2D eigenvalue weighted by atomic mass is 35.5. The molecule has 0 saturated heterocycles. The molecule has 0 aliphatic heterocycles. The second-order valence-electron chi connectivity index (χ2n) is 6.31. The number of hydrogen-bond donors (Lipinski definition) is 2. The number of rotatable bonds is 7. The van der Waals surface area contributed by atoms with Crippen molar-refractivity contribution in [3.05, 3.63) is 64.2 Å². The molecule has 0 radical (unpaired) electrons. The van der Waals surface area contributed by atoms with E-state index in [0.29, 0.717) is 23.9 Å². The largest absolute Gasteiger partial charge is 0.452 e. The summed E-state index contributed by atoms with van der Waals surface area (Å²) in [5.74, 6) is -0.471. The van der Waals surface area contributed by atoms with Crippen molar-refractivity contribution >= 4 is 29.2 Å². The molecule has 26 heavy (non-hydrogen) atoms. The van der Waals surface area contributed by atoms with Gasteiger partial charge in [-0.3, -0.25) is 4.79 Å². The number of anilines is 1. The lowest BCUT2D eigenvalue weighted by Gasteiger charge is -2.09.